The van der Waals surface area contributed by atoms with Crippen molar-refractivity contribution in [2.24, 2.45) is 0 Å². The van der Waals surface area contributed by atoms with Gasteiger partial charge in [-0.3, -0.25) is 9.69 Å². The molecule has 28 heavy (non-hydrogen) atoms. The van der Waals surface area contributed by atoms with Gasteiger partial charge in [0.15, 0.2) is 0 Å². The Morgan fingerprint density at radius 2 is 1.96 bits per heavy atom. The maximum Gasteiger partial charge on any atom is 0.253 e. The van der Waals surface area contributed by atoms with Crippen LogP contribution in [0.15, 0.2) is 48.7 Å². The van der Waals surface area contributed by atoms with Crippen LogP contribution in [0.1, 0.15) is 35.2 Å². The van der Waals surface area contributed by atoms with Gasteiger partial charge in [-0.1, -0.05) is 30.3 Å². The molecule has 1 amide bonds. The molecule has 0 saturated carbocycles. The second-order valence-electron chi connectivity index (χ2n) is 7.50. The minimum atomic E-state index is -0.0650. The molecule has 0 radical (unpaired) electrons. The van der Waals surface area contributed by atoms with Crippen LogP contribution in [-0.4, -0.2) is 54.2 Å². The van der Waals surface area contributed by atoms with Crippen LogP contribution in [0, 0.1) is 0 Å². The first-order valence-electron chi connectivity index (χ1n) is 10.0. The van der Waals surface area contributed by atoms with E-state index in [1.54, 1.807) is 18.3 Å². The number of amides is 1. The molecular weight excluding hydrogens is 354 g/mol. The number of aromatic nitrogens is 1. The average Bonchev–Trinajstić information content (AvgIpc) is 3.24. The van der Waals surface area contributed by atoms with Crippen LogP contribution in [-0.2, 0) is 11.3 Å². The van der Waals surface area contributed by atoms with E-state index in [-0.39, 0.29) is 18.1 Å². The maximum absolute atomic E-state index is 12.5. The van der Waals surface area contributed by atoms with Gasteiger partial charge >= 0.3 is 0 Å². The van der Waals surface area contributed by atoms with E-state index in [1.807, 2.05) is 6.07 Å². The van der Waals surface area contributed by atoms with E-state index in [9.17, 15) is 4.79 Å². The number of carbonyl (C=O) groups is 1. The number of carbonyl (C=O) groups excluding carboxylic acids is 1. The molecule has 1 aromatic heterocycles. The van der Waals surface area contributed by atoms with Crippen molar-refractivity contribution in [3.8, 4) is 5.88 Å². The van der Waals surface area contributed by atoms with Crippen LogP contribution in [0.25, 0.3) is 0 Å². The SMILES string of the molecule is O=C(NC1CCN(Cc2ccccc2)CC1)c1ccc(OC2CCOC2)nc1. The van der Waals surface area contributed by atoms with Gasteiger partial charge in [0.05, 0.1) is 18.8 Å². The molecule has 0 aliphatic carbocycles. The topological polar surface area (TPSA) is 63.7 Å². The number of hydrogen-bond donors (Lipinski definition) is 1. The van der Waals surface area contributed by atoms with Crippen LogP contribution < -0.4 is 10.1 Å². The summed E-state index contributed by atoms with van der Waals surface area (Å²) < 4.78 is 11.0. The van der Waals surface area contributed by atoms with E-state index in [1.165, 1.54) is 5.56 Å². The molecule has 4 rings (SSSR count). The van der Waals surface area contributed by atoms with Gasteiger partial charge < -0.3 is 14.8 Å². The zero-order valence-electron chi connectivity index (χ0n) is 16.0. The lowest BCUT2D eigenvalue weighted by molar-refractivity contribution is 0.0908. The lowest BCUT2D eigenvalue weighted by Crippen LogP contribution is -2.44. The van der Waals surface area contributed by atoms with Crippen molar-refractivity contribution in [3.63, 3.8) is 0 Å². The minimum absolute atomic E-state index is 0.0632. The quantitative estimate of drug-likeness (QED) is 0.833. The summed E-state index contributed by atoms with van der Waals surface area (Å²) >= 11 is 0. The predicted molar refractivity (Wildman–Crippen MR) is 106 cm³/mol. The molecule has 0 bridgehead atoms. The zero-order chi connectivity index (χ0) is 19.2. The summed E-state index contributed by atoms with van der Waals surface area (Å²) in [7, 11) is 0. The molecule has 2 fully saturated rings. The lowest BCUT2D eigenvalue weighted by Gasteiger charge is -2.32. The van der Waals surface area contributed by atoms with Crippen molar-refractivity contribution in [1.82, 2.24) is 15.2 Å². The summed E-state index contributed by atoms with van der Waals surface area (Å²) in [6, 6.07) is 14.3. The van der Waals surface area contributed by atoms with Gasteiger partial charge in [-0.05, 0) is 24.5 Å². The molecule has 2 aromatic rings. The second kappa shape index (κ2) is 9.17. The van der Waals surface area contributed by atoms with Crippen molar-refractivity contribution >= 4 is 5.91 Å². The molecule has 6 heteroatoms. The average molecular weight is 381 g/mol. The van der Waals surface area contributed by atoms with E-state index in [0.29, 0.717) is 18.1 Å². The van der Waals surface area contributed by atoms with Gasteiger partial charge in [0.1, 0.15) is 6.10 Å². The minimum Gasteiger partial charge on any atom is -0.472 e. The Labute approximate surface area is 165 Å². The summed E-state index contributed by atoms with van der Waals surface area (Å²) in [6.07, 6.45) is 4.47. The molecule has 1 N–H and O–H groups in total. The highest BCUT2D eigenvalue weighted by molar-refractivity contribution is 5.94. The predicted octanol–water partition coefficient (Wildman–Crippen LogP) is 2.64. The molecule has 2 aliphatic heterocycles. The second-order valence-corrected chi connectivity index (χ2v) is 7.50. The highest BCUT2D eigenvalue weighted by Gasteiger charge is 2.22. The van der Waals surface area contributed by atoms with Gasteiger partial charge in [-0.25, -0.2) is 4.98 Å². The van der Waals surface area contributed by atoms with Crippen LogP contribution in [0.5, 0.6) is 5.88 Å². The number of rotatable bonds is 6. The smallest absolute Gasteiger partial charge is 0.253 e. The first kappa shape index (κ1) is 18.9. The molecule has 148 valence electrons. The summed E-state index contributed by atoms with van der Waals surface area (Å²) in [5.41, 5.74) is 1.91. The summed E-state index contributed by atoms with van der Waals surface area (Å²) in [6.45, 7) is 4.30. The van der Waals surface area contributed by atoms with E-state index in [4.69, 9.17) is 9.47 Å². The third kappa shape index (κ3) is 5.09. The van der Waals surface area contributed by atoms with Gasteiger partial charge in [0.25, 0.3) is 5.91 Å². The van der Waals surface area contributed by atoms with E-state index < -0.39 is 0 Å². The Hall–Kier alpha value is -2.44. The number of nitrogens with zero attached hydrogens (tertiary/aromatic N) is 2. The van der Waals surface area contributed by atoms with Crippen molar-refractivity contribution < 1.29 is 14.3 Å². The third-order valence-electron chi connectivity index (χ3n) is 5.35. The fraction of sp³-hybridized carbons (Fsp3) is 0.455. The molecule has 0 spiro atoms. The van der Waals surface area contributed by atoms with Crippen molar-refractivity contribution in [2.75, 3.05) is 26.3 Å². The lowest BCUT2D eigenvalue weighted by atomic mass is 10.0. The first-order valence-corrected chi connectivity index (χ1v) is 10.0. The van der Waals surface area contributed by atoms with Crippen LogP contribution in [0.2, 0.25) is 0 Å². The monoisotopic (exact) mass is 381 g/mol. The zero-order valence-corrected chi connectivity index (χ0v) is 16.0. The maximum atomic E-state index is 12.5. The number of pyridine rings is 1. The molecule has 1 aromatic carbocycles. The largest absolute Gasteiger partial charge is 0.472 e. The van der Waals surface area contributed by atoms with Crippen LogP contribution in [0.3, 0.4) is 0 Å². The number of likely N-dealkylation sites (tertiary alicyclic amines) is 1. The Balaban J connectivity index is 1.23. The first-order chi connectivity index (χ1) is 13.8. The number of nitrogens with one attached hydrogen (secondary N) is 1. The Morgan fingerprint density at radius 1 is 1.14 bits per heavy atom. The molecule has 1 unspecified atom stereocenters. The number of piperidine rings is 1. The van der Waals surface area contributed by atoms with Crippen LogP contribution in [0.4, 0.5) is 0 Å². The van der Waals surface area contributed by atoms with E-state index >= 15 is 0 Å². The molecule has 2 saturated heterocycles. The highest BCUT2D eigenvalue weighted by Crippen LogP contribution is 2.16. The van der Waals surface area contributed by atoms with Crippen molar-refractivity contribution in [1.29, 1.82) is 0 Å². The van der Waals surface area contributed by atoms with Gasteiger partial charge in [0.2, 0.25) is 5.88 Å². The molecule has 3 heterocycles. The molecular formula is C22H27N3O3. The summed E-state index contributed by atoms with van der Waals surface area (Å²) in [5, 5.41) is 3.15. The third-order valence-corrected chi connectivity index (χ3v) is 5.35. The van der Waals surface area contributed by atoms with Gasteiger partial charge in [-0.2, -0.15) is 0 Å². The van der Waals surface area contributed by atoms with Crippen molar-refractivity contribution in [3.05, 3.63) is 59.8 Å². The summed E-state index contributed by atoms with van der Waals surface area (Å²) in [4.78, 5) is 19.2. The molecule has 6 nitrogen and oxygen atoms in total. The number of benzene rings is 1. The van der Waals surface area contributed by atoms with E-state index in [2.05, 4.69) is 39.5 Å². The van der Waals surface area contributed by atoms with Gasteiger partial charge in [0, 0.05) is 44.4 Å². The van der Waals surface area contributed by atoms with Crippen molar-refractivity contribution in [2.45, 2.75) is 38.0 Å². The Bertz CT molecular complexity index is 752. The van der Waals surface area contributed by atoms with Gasteiger partial charge in [-0.15, -0.1) is 0 Å². The van der Waals surface area contributed by atoms with Crippen LogP contribution >= 0.6 is 0 Å². The fourth-order valence-corrected chi connectivity index (χ4v) is 3.71. The molecule has 2 aliphatic rings. The summed E-state index contributed by atoms with van der Waals surface area (Å²) in [5.74, 6) is 0.478. The molecule has 1 atom stereocenters. The standard InChI is InChI=1S/C22H27N3O3/c26-22(18-6-7-21(23-14-18)28-20-10-13-27-16-20)24-19-8-11-25(12-9-19)15-17-4-2-1-3-5-17/h1-7,14,19-20H,8-13,15-16H2,(H,24,26). The Morgan fingerprint density at radius 3 is 2.64 bits per heavy atom. The number of hydrogen-bond acceptors (Lipinski definition) is 5. The number of ether oxygens (including phenoxy) is 2. The fourth-order valence-electron chi connectivity index (χ4n) is 3.71. The van der Waals surface area contributed by atoms with E-state index in [0.717, 1.165) is 45.5 Å². The normalized spacial score (nSPS) is 20.8. The highest BCUT2D eigenvalue weighted by atomic mass is 16.5. The Kier molecular flexibility index (Phi) is 6.19.